The van der Waals surface area contributed by atoms with Crippen LogP contribution in [0.15, 0.2) is 72.8 Å². The van der Waals surface area contributed by atoms with E-state index in [1.54, 1.807) is 72.8 Å². The summed E-state index contributed by atoms with van der Waals surface area (Å²) in [6.45, 7) is 0. The third kappa shape index (κ3) is 5.90. The summed E-state index contributed by atoms with van der Waals surface area (Å²) in [4.78, 5) is 24.1. The Morgan fingerprint density at radius 1 is 0.536 bits per heavy atom. The van der Waals surface area contributed by atoms with Crippen molar-refractivity contribution in [3.8, 4) is 0 Å². The number of hydrogen-bond acceptors (Lipinski definition) is 2. The van der Waals surface area contributed by atoms with Crippen LogP contribution in [0.3, 0.4) is 0 Å². The standard InChI is InChI=1S/C20H16Cl2N4O2/c21-13-3-1-5-17(11-13)25-19(27)23-15-7-9-16(10-8-15)24-20(28)26-18-6-2-4-14(22)12-18/h1-12H,(H2,23,25,27)(H2,24,26,28). The fourth-order valence-electron chi connectivity index (χ4n) is 2.36. The Morgan fingerprint density at radius 3 is 1.25 bits per heavy atom. The Kier molecular flexibility index (Phi) is 6.37. The number of carbonyl (C=O) groups excluding carboxylic acids is 2. The zero-order valence-corrected chi connectivity index (χ0v) is 16.0. The molecule has 0 aliphatic rings. The van der Waals surface area contributed by atoms with Gasteiger partial charge in [-0.05, 0) is 60.7 Å². The molecule has 0 aliphatic heterocycles. The van der Waals surface area contributed by atoms with Gasteiger partial charge in [0.1, 0.15) is 0 Å². The van der Waals surface area contributed by atoms with Crippen LogP contribution in [0.1, 0.15) is 0 Å². The summed E-state index contributed by atoms with van der Waals surface area (Å²) in [6.07, 6.45) is 0. The second kappa shape index (κ2) is 9.12. The number of benzene rings is 3. The zero-order chi connectivity index (χ0) is 19.9. The lowest BCUT2D eigenvalue weighted by Gasteiger charge is -2.10. The van der Waals surface area contributed by atoms with Crippen LogP contribution in [0, 0.1) is 0 Å². The van der Waals surface area contributed by atoms with Gasteiger partial charge >= 0.3 is 12.1 Å². The molecule has 0 atom stereocenters. The van der Waals surface area contributed by atoms with Gasteiger partial charge in [0.05, 0.1) is 0 Å². The second-order valence-corrected chi connectivity index (χ2v) is 6.63. The maximum absolute atomic E-state index is 12.0. The van der Waals surface area contributed by atoms with E-state index in [1.807, 2.05) is 0 Å². The van der Waals surface area contributed by atoms with Crippen LogP contribution in [0.2, 0.25) is 10.0 Å². The van der Waals surface area contributed by atoms with Gasteiger partial charge in [-0.2, -0.15) is 0 Å². The van der Waals surface area contributed by atoms with Crippen molar-refractivity contribution in [3.63, 3.8) is 0 Å². The summed E-state index contributed by atoms with van der Waals surface area (Å²) in [5.74, 6) is 0. The summed E-state index contributed by atoms with van der Waals surface area (Å²) < 4.78 is 0. The Labute approximate surface area is 171 Å². The molecule has 4 amide bonds. The minimum Gasteiger partial charge on any atom is -0.308 e. The minimum absolute atomic E-state index is 0.401. The molecule has 0 bridgehead atoms. The molecule has 3 rings (SSSR count). The number of halogens is 2. The van der Waals surface area contributed by atoms with Crippen LogP contribution in [-0.4, -0.2) is 12.1 Å². The monoisotopic (exact) mass is 414 g/mol. The predicted octanol–water partition coefficient (Wildman–Crippen LogP) is 6.28. The first kappa shape index (κ1) is 19.5. The van der Waals surface area contributed by atoms with Gasteiger partial charge in [0.15, 0.2) is 0 Å². The van der Waals surface area contributed by atoms with Crippen LogP contribution >= 0.6 is 23.2 Å². The van der Waals surface area contributed by atoms with Crippen LogP contribution in [0.5, 0.6) is 0 Å². The van der Waals surface area contributed by atoms with Gasteiger partial charge in [-0.3, -0.25) is 0 Å². The first-order chi connectivity index (χ1) is 13.5. The van der Waals surface area contributed by atoms with Crippen LogP contribution in [0.4, 0.5) is 32.3 Å². The molecule has 0 spiro atoms. The second-order valence-electron chi connectivity index (χ2n) is 5.76. The Balaban J connectivity index is 1.52. The summed E-state index contributed by atoms with van der Waals surface area (Å²) >= 11 is 11.8. The van der Waals surface area contributed by atoms with Crippen molar-refractivity contribution >= 4 is 58.0 Å². The number of amides is 4. The molecule has 0 radical (unpaired) electrons. The average Bonchev–Trinajstić information content (AvgIpc) is 2.63. The van der Waals surface area contributed by atoms with Crippen molar-refractivity contribution in [2.75, 3.05) is 21.3 Å². The van der Waals surface area contributed by atoms with Gasteiger partial charge in [-0.15, -0.1) is 0 Å². The Morgan fingerprint density at radius 2 is 0.893 bits per heavy atom. The number of urea groups is 2. The van der Waals surface area contributed by atoms with Gasteiger partial charge in [-0.1, -0.05) is 35.3 Å². The maximum atomic E-state index is 12.0. The molecular weight excluding hydrogens is 399 g/mol. The summed E-state index contributed by atoms with van der Waals surface area (Å²) in [5, 5.41) is 11.8. The van der Waals surface area contributed by atoms with E-state index in [2.05, 4.69) is 21.3 Å². The molecule has 0 unspecified atom stereocenters. The van der Waals surface area contributed by atoms with Crippen LogP contribution in [-0.2, 0) is 0 Å². The molecule has 8 heteroatoms. The smallest absolute Gasteiger partial charge is 0.308 e. The molecule has 6 nitrogen and oxygen atoms in total. The number of anilines is 4. The fraction of sp³-hybridized carbons (Fsp3) is 0. The molecule has 3 aromatic carbocycles. The SMILES string of the molecule is O=C(Nc1ccc(NC(=O)Nc2cccc(Cl)c2)cc1)Nc1cccc(Cl)c1. The molecule has 0 saturated carbocycles. The molecule has 0 saturated heterocycles. The summed E-state index contributed by atoms with van der Waals surface area (Å²) in [6, 6.07) is 19.6. The highest BCUT2D eigenvalue weighted by atomic mass is 35.5. The first-order valence-electron chi connectivity index (χ1n) is 8.25. The van der Waals surface area contributed by atoms with Crippen LogP contribution in [0.25, 0.3) is 0 Å². The number of rotatable bonds is 4. The Hall–Kier alpha value is -3.22. The molecular formula is C20H16Cl2N4O2. The Bertz CT molecular complexity index is 913. The zero-order valence-electron chi connectivity index (χ0n) is 14.5. The third-order valence-electron chi connectivity index (χ3n) is 3.57. The molecule has 142 valence electrons. The highest BCUT2D eigenvalue weighted by Crippen LogP contribution is 2.18. The number of hydrogen-bond donors (Lipinski definition) is 4. The van der Waals surface area contributed by atoms with E-state index in [-0.39, 0.29) is 0 Å². The van der Waals surface area contributed by atoms with Crippen molar-refractivity contribution in [2.45, 2.75) is 0 Å². The summed E-state index contributed by atoms with van der Waals surface area (Å²) in [7, 11) is 0. The topological polar surface area (TPSA) is 82.3 Å². The number of nitrogens with one attached hydrogen (secondary N) is 4. The molecule has 0 aromatic heterocycles. The van der Waals surface area contributed by atoms with Gasteiger partial charge < -0.3 is 21.3 Å². The molecule has 28 heavy (non-hydrogen) atoms. The van der Waals surface area contributed by atoms with E-state index >= 15 is 0 Å². The van der Waals surface area contributed by atoms with E-state index in [0.717, 1.165) is 0 Å². The van der Waals surface area contributed by atoms with Gasteiger partial charge in [0, 0.05) is 32.8 Å². The van der Waals surface area contributed by atoms with Crippen molar-refractivity contribution in [1.82, 2.24) is 0 Å². The molecule has 0 aliphatic carbocycles. The van der Waals surface area contributed by atoms with E-state index in [0.29, 0.717) is 32.8 Å². The van der Waals surface area contributed by atoms with Crippen LogP contribution < -0.4 is 21.3 Å². The average molecular weight is 415 g/mol. The molecule has 0 fully saturated rings. The normalized spacial score (nSPS) is 10.1. The third-order valence-corrected chi connectivity index (χ3v) is 4.04. The maximum Gasteiger partial charge on any atom is 0.323 e. The van der Waals surface area contributed by atoms with E-state index in [4.69, 9.17) is 23.2 Å². The molecule has 0 heterocycles. The van der Waals surface area contributed by atoms with Gasteiger partial charge in [-0.25, -0.2) is 9.59 Å². The van der Waals surface area contributed by atoms with Crippen molar-refractivity contribution in [1.29, 1.82) is 0 Å². The lowest BCUT2D eigenvalue weighted by atomic mass is 10.3. The van der Waals surface area contributed by atoms with E-state index in [1.165, 1.54) is 0 Å². The fourth-order valence-corrected chi connectivity index (χ4v) is 2.74. The lowest BCUT2D eigenvalue weighted by Crippen LogP contribution is -2.20. The quantitative estimate of drug-likeness (QED) is 0.404. The van der Waals surface area contributed by atoms with Crippen molar-refractivity contribution in [2.24, 2.45) is 0 Å². The van der Waals surface area contributed by atoms with Gasteiger partial charge in [0.25, 0.3) is 0 Å². The lowest BCUT2D eigenvalue weighted by molar-refractivity contribution is 0.261. The number of carbonyl (C=O) groups is 2. The molecule has 3 aromatic rings. The van der Waals surface area contributed by atoms with E-state index < -0.39 is 12.1 Å². The van der Waals surface area contributed by atoms with E-state index in [9.17, 15) is 9.59 Å². The largest absolute Gasteiger partial charge is 0.323 e. The summed E-state index contributed by atoms with van der Waals surface area (Å²) in [5.41, 5.74) is 2.31. The highest BCUT2D eigenvalue weighted by molar-refractivity contribution is 6.31. The highest BCUT2D eigenvalue weighted by Gasteiger charge is 2.05. The first-order valence-corrected chi connectivity index (χ1v) is 9.01. The predicted molar refractivity (Wildman–Crippen MR) is 115 cm³/mol. The van der Waals surface area contributed by atoms with Crippen molar-refractivity contribution < 1.29 is 9.59 Å². The minimum atomic E-state index is -0.401. The van der Waals surface area contributed by atoms with Crippen molar-refractivity contribution in [3.05, 3.63) is 82.8 Å². The molecule has 4 N–H and O–H groups in total. The van der Waals surface area contributed by atoms with Gasteiger partial charge in [0.2, 0.25) is 0 Å².